The van der Waals surface area contributed by atoms with Crippen LogP contribution in [0, 0.1) is 28.8 Å². The minimum Gasteiger partial charge on any atom is -0.424 e. The quantitative estimate of drug-likeness (QED) is 0.518. The van der Waals surface area contributed by atoms with Gasteiger partial charge in [-0.2, -0.15) is 5.26 Å². The van der Waals surface area contributed by atoms with Crippen LogP contribution in [0.1, 0.15) is 46.0 Å². The van der Waals surface area contributed by atoms with Crippen LogP contribution < -0.4 is 0 Å². The molecule has 2 aliphatic rings. The van der Waals surface area contributed by atoms with Crippen molar-refractivity contribution in [2.75, 3.05) is 0 Å². The van der Waals surface area contributed by atoms with Gasteiger partial charge in [0.25, 0.3) is 6.26 Å². The first-order chi connectivity index (χ1) is 7.58. The van der Waals surface area contributed by atoms with E-state index in [1.165, 1.54) is 12.8 Å². The van der Waals surface area contributed by atoms with Gasteiger partial charge in [0, 0.05) is 5.38 Å². The van der Waals surface area contributed by atoms with Gasteiger partial charge in [-0.15, -0.1) is 11.6 Å². The summed E-state index contributed by atoms with van der Waals surface area (Å²) in [5.74, 6) is 1.33. The standard InChI is InChI=1S/C13H20ClNO/c1-9-6-10(16-8-15)7-13(2)11(9)4-3-5-12(13)14/h9-12H,3-7H2,1-2H3/t9-,10+,11?,12+,13-/m1/s1. The maximum atomic E-state index is 8.65. The largest absolute Gasteiger partial charge is 0.424 e. The Bertz CT molecular complexity index is 301. The van der Waals surface area contributed by atoms with Crippen molar-refractivity contribution in [3.63, 3.8) is 0 Å². The molecule has 90 valence electrons. The molecule has 0 N–H and O–H groups in total. The van der Waals surface area contributed by atoms with Crippen LogP contribution in [-0.4, -0.2) is 11.5 Å². The van der Waals surface area contributed by atoms with Crippen molar-refractivity contribution in [1.82, 2.24) is 0 Å². The molecule has 5 atom stereocenters. The third-order valence-corrected chi connectivity index (χ3v) is 5.46. The summed E-state index contributed by atoms with van der Waals surface area (Å²) in [6.07, 6.45) is 7.54. The van der Waals surface area contributed by atoms with Crippen molar-refractivity contribution < 1.29 is 4.74 Å². The number of alkyl halides is 1. The summed E-state index contributed by atoms with van der Waals surface area (Å²) in [4.78, 5) is 0. The monoisotopic (exact) mass is 241 g/mol. The number of rotatable bonds is 1. The highest BCUT2D eigenvalue weighted by Gasteiger charge is 2.50. The fourth-order valence-electron chi connectivity index (χ4n) is 3.94. The van der Waals surface area contributed by atoms with Crippen LogP contribution in [0.25, 0.3) is 0 Å². The Morgan fingerprint density at radius 1 is 1.44 bits per heavy atom. The molecule has 2 aliphatic carbocycles. The molecule has 16 heavy (non-hydrogen) atoms. The Morgan fingerprint density at radius 2 is 2.19 bits per heavy atom. The molecule has 0 heterocycles. The lowest BCUT2D eigenvalue weighted by Crippen LogP contribution is -2.49. The maximum Gasteiger partial charge on any atom is 0.286 e. The SMILES string of the molecule is C[C@@H]1C[C@H](OC#N)C[C@]2(C)C1CCC[C@@H]2Cl. The molecular weight excluding hydrogens is 222 g/mol. The van der Waals surface area contributed by atoms with E-state index in [9.17, 15) is 0 Å². The van der Waals surface area contributed by atoms with E-state index >= 15 is 0 Å². The molecule has 0 aromatic heterocycles. The van der Waals surface area contributed by atoms with Gasteiger partial charge in [0.05, 0.1) is 0 Å². The van der Waals surface area contributed by atoms with Crippen molar-refractivity contribution in [3.8, 4) is 6.26 Å². The Hall–Kier alpha value is -0.420. The van der Waals surface area contributed by atoms with Crippen LogP contribution in [0.4, 0.5) is 0 Å². The lowest BCUT2D eigenvalue weighted by Gasteiger charge is -2.52. The minimum atomic E-state index is 0.0839. The molecule has 2 fully saturated rings. The molecule has 2 nitrogen and oxygen atoms in total. The Balaban J connectivity index is 2.17. The van der Waals surface area contributed by atoms with Crippen LogP contribution in [-0.2, 0) is 4.74 Å². The molecule has 0 saturated heterocycles. The first kappa shape index (κ1) is 12.0. The molecule has 0 radical (unpaired) electrons. The molecule has 1 unspecified atom stereocenters. The van der Waals surface area contributed by atoms with E-state index in [1.54, 1.807) is 0 Å². The van der Waals surface area contributed by atoms with Crippen LogP contribution in [0.2, 0.25) is 0 Å². The molecule has 2 saturated carbocycles. The van der Waals surface area contributed by atoms with Gasteiger partial charge in [-0.05, 0) is 42.9 Å². The second-order valence-electron chi connectivity index (χ2n) is 5.76. The minimum absolute atomic E-state index is 0.0839. The molecule has 3 heteroatoms. The molecular formula is C13H20ClNO. The van der Waals surface area contributed by atoms with E-state index in [2.05, 4.69) is 13.8 Å². The van der Waals surface area contributed by atoms with Crippen LogP contribution in [0.3, 0.4) is 0 Å². The zero-order valence-electron chi connectivity index (χ0n) is 10.1. The van der Waals surface area contributed by atoms with Gasteiger partial charge >= 0.3 is 0 Å². The van der Waals surface area contributed by atoms with Gasteiger partial charge < -0.3 is 4.74 Å². The van der Waals surface area contributed by atoms with E-state index in [0.29, 0.717) is 11.8 Å². The molecule has 2 rings (SSSR count). The smallest absolute Gasteiger partial charge is 0.286 e. The number of fused-ring (bicyclic) bond motifs is 1. The first-order valence-electron chi connectivity index (χ1n) is 6.26. The summed E-state index contributed by atoms with van der Waals surface area (Å²) in [5.41, 5.74) is 0.166. The Labute approximate surface area is 103 Å². The number of ether oxygens (including phenoxy) is 1. The highest BCUT2D eigenvalue weighted by atomic mass is 35.5. The third-order valence-electron chi connectivity index (χ3n) is 4.74. The number of nitrogens with zero attached hydrogens (tertiary/aromatic N) is 1. The summed E-state index contributed by atoms with van der Waals surface area (Å²) < 4.78 is 5.16. The van der Waals surface area contributed by atoms with Crippen molar-refractivity contribution >= 4 is 11.6 Å². The number of halogens is 1. The van der Waals surface area contributed by atoms with Gasteiger partial charge in [0.2, 0.25) is 0 Å². The average molecular weight is 242 g/mol. The van der Waals surface area contributed by atoms with E-state index in [4.69, 9.17) is 21.6 Å². The predicted molar refractivity (Wildman–Crippen MR) is 64.0 cm³/mol. The maximum absolute atomic E-state index is 8.65. The lowest BCUT2D eigenvalue weighted by molar-refractivity contribution is -0.0438. The number of hydrogen-bond donors (Lipinski definition) is 0. The zero-order chi connectivity index (χ0) is 11.8. The third kappa shape index (κ3) is 1.91. The van der Waals surface area contributed by atoms with Gasteiger partial charge in [-0.25, -0.2) is 0 Å². The highest BCUT2D eigenvalue weighted by molar-refractivity contribution is 6.21. The molecule has 0 aliphatic heterocycles. The predicted octanol–water partition coefficient (Wildman–Crippen LogP) is 3.70. The fourth-order valence-corrected chi connectivity index (χ4v) is 4.34. The zero-order valence-corrected chi connectivity index (χ0v) is 10.8. The van der Waals surface area contributed by atoms with Gasteiger partial charge in [-0.3, -0.25) is 0 Å². The summed E-state index contributed by atoms with van der Waals surface area (Å²) >= 11 is 6.52. The molecule has 0 aromatic carbocycles. The average Bonchev–Trinajstić information content (AvgIpc) is 2.21. The van der Waals surface area contributed by atoms with Gasteiger partial charge in [0.15, 0.2) is 0 Å². The Morgan fingerprint density at radius 3 is 2.88 bits per heavy atom. The van der Waals surface area contributed by atoms with E-state index in [0.717, 1.165) is 19.3 Å². The molecule has 0 bridgehead atoms. The second-order valence-corrected chi connectivity index (χ2v) is 6.29. The van der Waals surface area contributed by atoms with E-state index in [-0.39, 0.29) is 16.9 Å². The van der Waals surface area contributed by atoms with Gasteiger partial charge in [-0.1, -0.05) is 20.3 Å². The number of hydrogen-bond acceptors (Lipinski definition) is 2. The normalized spacial score (nSPS) is 47.9. The van der Waals surface area contributed by atoms with Crippen molar-refractivity contribution in [1.29, 1.82) is 5.26 Å². The number of nitriles is 1. The van der Waals surface area contributed by atoms with E-state index < -0.39 is 0 Å². The Kier molecular flexibility index (Phi) is 3.35. The fraction of sp³-hybridized carbons (Fsp3) is 0.923. The van der Waals surface area contributed by atoms with Crippen molar-refractivity contribution in [2.24, 2.45) is 17.3 Å². The highest BCUT2D eigenvalue weighted by Crippen LogP contribution is 2.54. The lowest BCUT2D eigenvalue weighted by atomic mass is 9.56. The summed E-state index contributed by atoms with van der Waals surface area (Å²) in [6.45, 7) is 4.57. The van der Waals surface area contributed by atoms with Crippen LogP contribution in [0.5, 0.6) is 0 Å². The summed E-state index contributed by atoms with van der Waals surface area (Å²) in [5, 5.41) is 8.89. The second kappa shape index (κ2) is 4.45. The molecule has 0 amide bonds. The van der Waals surface area contributed by atoms with E-state index in [1.807, 2.05) is 6.26 Å². The first-order valence-corrected chi connectivity index (χ1v) is 6.70. The summed E-state index contributed by atoms with van der Waals surface area (Å²) in [7, 11) is 0. The van der Waals surface area contributed by atoms with Crippen LogP contribution >= 0.6 is 11.6 Å². The molecule has 0 spiro atoms. The van der Waals surface area contributed by atoms with Gasteiger partial charge in [0.1, 0.15) is 6.10 Å². The topological polar surface area (TPSA) is 33.0 Å². The van der Waals surface area contributed by atoms with Crippen molar-refractivity contribution in [2.45, 2.75) is 57.4 Å². The van der Waals surface area contributed by atoms with Crippen LogP contribution in [0.15, 0.2) is 0 Å². The summed E-state index contributed by atoms with van der Waals surface area (Å²) in [6, 6.07) is 0. The van der Waals surface area contributed by atoms with Crippen molar-refractivity contribution in [3.05, 3.63) is 0 Å². The molecule has 0 aromatic rings.